The molecule has 0 atom stereocenters. The van der Waals surface area contributed by atoms with Gasteiger partial charge in [0.25, 0.3) is 0 Å². The molecule has 100 valence electrons. The maximum absolute atomic E-state index is 2.33. The van der Waals surface area contributed by atoms with Gasteiger partial charge in [0.2, 0.25) is 0 Å². The Morgan fingerprint density at radius 1 is 0.882 bits per heavy atom. The summed E-state index contributed by atoms with van der Waals surface area (Å²) in [6.07, 6.45) is 2.55. The minimum atomic E-state index is 1.21. The van der Waals surface area contributed by atoms with E-state index in [1.807, 2.05) is 41.5 Å². The first-order valence-corrected chi connectivity index (χ1v) is 7.17. The van der Waals surface area contributed by atoms with Crippen LogP contribution in [0.4, 0.5) is 5.69 Å². The molecule has 0 N–H and O–H groups in total. The number of hydrogen-bond acceptors (Lipinski definition) is 1. The Labute approximate surface area is 109 Å². The molecule has 1 aliphatic heterocycles. The van der Waals surface area contributed by atoms with Crippen molar-refractivity contribution in [2.75, 3.05) is 18.5 Å². The number of hydrogen-bond donors (Lipinski definition) is 0. The second-order valence-electron chi connectivity index (χ2n) is 3.15. The highest BCUT2D eigenvalue weighted by Crippen LogP contribution is 2.24. The summed E-state index contributed by atoms with van der Waals surface area (Å²) < 4.78 is 0. The van der Waals surface area contributed by atoms with Gasteiger partial charge in [-0.3, -0.25) is 0 Å². The first kappa shape index (κ1) is 18.4. The predicted octanol–water partition coefficient (Wildman–Crippen LogP) is 5.15. The van der Waals surface area contributed by atoms with Gasteiger partial charge in [0.1, 0.15) is 0 Å². The van der Waals surface area contributed by atoms with E-state index in [1.165, 1.54) is 30.6 Å². The van der Waals surface area contributed by atoms with Gasteiger partial charge in [-0.25, -0.2) is 0 Å². The standard InChI is InChI=1S/C10H13N.3C2H6/c1-11-8-4-6-9-5-2-3-7-10(9)11;3*1-2/h2-3,5,7H,4,6,8H2,1H3;3*1-2H3. The molecule has 0 amide bonds. The van der Waals surface area contributed by atoms with Crippen molar-refractivity contribution in [1.82, 2.24) is 0 Å². The molecule has 0 bridgehead atoms. The Morgan fingerprint density at radius 2 is 1.41 bits per heavy atom. The van der Waals surface area contributed by atoms with Crippen molar-refractivity contribution in [3.8, 4) is 0 Å². The van der Waals surface area contributed by atoms with Gasteiger partial charge in [0, 0.05) is 19.3 Å². The average Bonchev–Trinajstić information content (AvgIpc) is 2.46. The van der Waals surface area contributed by atoms with Gasteiger partial charge in [0.05, 0.1) is 0 Å². The van der Waals surface area contributed by atoms with Gasteiger partial charge in [-0.15, -0.1) is 0 Å². The summed E-state index contributed by atoms with van der Waals surface area (Å²) in [5, 5.41) is 0. The monoisotopic (exact) mass is 237 g/mol. The first-order valence-electron chi connectivity index (χ1n) is 7.17. The highest BCUT2D eigenvalue weighted by atomic mass is 15.1. The number of para-hydroxylation sites is 1. The Bertz CT molecular complexity index is 255. The lowest BCUT2D eigenvalue weighted by atomic mass is 10.0. The summed E-state index contributed by atoms with van der Waals surface area (Å²) >= 11 is 0. The lowest BCUT2D eigenvalue weighted by molar-refractivity contribution is 0.744. The fourth-order valence-electron chi connectivity index (χ4n) is 1.72. The van der Waals surface area contributed by atoms with E-state index in [4.69, 9.17) is 0 Å². The predicted molar refractivity (Wildman–Crippen MR) is 82.1 cm³/mol. The maximum atomic E-state index is 2.33. The summed E-state index contributed by atoms with van der Waals surface area (Å²) in [4.78, 5) is 2.33. The minimum absolute atomic E-state index is 1.21. The molecule has 0 saturated carbocycles. The Kier molecular flexibility index (Phi) is 14.2. The summed E-state index contributed by atoms with van der Waals surface area (Å²) in [6, 6.07) is 8.66. The average molecular weight is 237 g/mol. The van der Waals surface area contributed by atoms with E-state index in [9.17, 15) is 0 Å². The van der Waals surface area contributed by atoms with Crippen LogP contribution in [0.2, 0.25) is 0 Å². The van der Waals surface area contributed by atoms with Crippen LogP contribution >= 0.6 is 0 Å². The zero-order chi connectivity index (χ0) is 13.7. The van der Waals surface area contributed by atoms with Crippen LogP contribution in [0, 0.1) is 0 Å². The van der Waals surface area contributed by atoms with Gasteiger partial charge in [-0.1, -0.05) is 59.7 Å². The Hall–Kier alpha value is -0.980. The molecule has 0 fully saturated rings. The summed E-state index contributed by atoms with van der Waals surface area (Å²) in [5.74, 6) is 0. The number of anilines is 1. The lowest BCUT2D eigenvalue weighted by Gasteiger charge is -2.26. The second-order valence-corrected chi connectivity index (χ2v) is 3.15. The molecular weight excluding hydrogens is 206 g/mol. The van der Waals surface area contributed by atoms with Crippen LogP contribution in [0.25, 0.3) is 0 Å². The number of benzene rings is 1. The molecule has 17 heavy (non-hydrogen) atoms. The van der Waals surface area contributed by atoms with Crippen molar-refractivity contribution in [3.63, 3.8) is 0 Å². The third kappa shape index (κ3) is 6.35. The molecule has 1 aliphatic rings. The molecule has 0 unspecified atom stereocenters. The third-order valence-corrected chi connectivity index (χ3v) is 2.34. The largest absolute Gasteiger partial charge is 0.374 e. The summed E-state index contributed by atoms with van der Waals surface area (Å²) in [5.41, 5.74) is 2.92. The molecule has 2 rings (SSSR count). The van der Waals surface area contributed by atoms with E-state index >= 15 is 0 Å². The highest BCUT2D eigenvalue weighted by Gasteiger charge is 2.11. The number of aryl methyl sites for hydroxylation is 1. The van der Waals surface area contributed by atoms with Crippen molar-refractivity contribution in [2.24, 2.45) is 0 Å². The molecule has 1 nitrogen and oxygen atoms in total. The summed E-state index contributed by atoms with van der Waals surface area (Å²) in [7, 11) is 2.16. The van der Waals surface area contributed by atoms with E-state index in [1.54, 1.807) is 0 Å². The first-order chi connectivity index (χ1) is 8.38. The molecule has 0 radical (unpaired) electrons. The zero-order valence-electron chi connectivity index (χ0n) is 12.9. The molecule has 1 aromatic carbocycles. The lowest BCUT2D eigenvalue weighted by Crippen LogP contribution is -2.24. The van der Waals surface area contributed by atoms with Crippen LogP contribution in [-0.4, -0.2) is 13.6 Å². The minimum Gasteiger partial charge on any atom is -0.374 e. The fourth-order valence-corrected chi connectivity index (χ4v) is 1.72. The zero-order valence-corrected chi connectivity index (χ0v) is 12.9. The van der Waals surface area contributed by atoms with Crippen molar-refractivity contribution in [1.29, 1.82) is 0 Å². The fraction of sp³-hybridized carbons (Fsp3) is 0.625. The van der Waals surface area contributed by atoms with Crippen LogP contribution in [0.3, 0.4) is 0 Å². The molecule has 0 aromatic heterocycles. The molecule has 1 heteroatoms. The van der Waals surface area contributed by atoms with Crippen LogP contribution in [-0.2, 0) is 6.42 Å². The van der Waals surface area contributed by atoms with E-state index < -0.39 is 0 Å². The smallest absolute Gasteiger partial charge is 0.0396 e. The van der Waals surface area contributed by atoms with Crippen LogP contribution in [0.5, 0.6) is 0 Å². The van der Waals surface area contributed by atoms with E-state index in [-0.39, 0.29) is 0 Å². The van der Waals surface area contributed by atoms with Crippen LogP contribution < -0.4 is 4.90 Å². The Morgan fingerprint density at radius 3 is 1.94 bits per heavy atom. The van der Waals surface area contributed by atoms with Crippen molar-refractivity contribution >= 4 is 5.69 Å². The number of nitrogens with zero attached hydrogens (tertiary/aromatic N) is 1. The van der Waals surface area contributed by atoms with Gasteiger partial charge >= 0.3 is 0 Å². The molecule has 0 spiro atoms. The third-order valence-electron chi connectivity index (χ3n) is 2.34. The van der Waals surface area contributed by atoms with E-state index in [2.05, 4.69) is 36.2 Å². The van der Waals surface area contributed by atoms with E-state index in [0.29, 0.717) is 0 Å². The molecular formula is C16H31N. The van der Waals surface area contributed by atoms with Gasteiger partial charge in [0.15, 0.2) is 0 Å². The molecule has 1 aromatic rings. The quantitative estimate of drug-likeness (QED) is 0.603. The van der Waals surface area contributed by atoms with Crippen molar-refractivity contribution in [3.05, 3.63) is 29.8 Å². The van der Waals surface area contributed by atoms with Crippen molar-refractivity contribution in [2.45, 2.75) is 54.4 Å². The normalized spacial score (nSPS) is 11.6. The Balaban J connectivity index is 0. The number of fused-ring (bicyclic) bond motifs is 1. The SMILES string of the molecule is CC.CC.CC.CN1CCCc2ccccc21. The van der Waals surface area contributed by atoms with Crippen LogP contribution in [0.1, 0.15) is 53.5 Å². The van der Waals surface area contributed by atoms with Gasteiger partial charge in [-0.2, -0.15) is 0 Å². The molecule has 0 aliphatic carbocycles. The van der Waals surface area contributed by atoms with Crippen molar-refractivity contribution < 1.29 is 0 Å². The van der Waals surface area contributed by atoms with Gasteiger partial charge in [-0.05, 0) is 24.5 Å². The molecule has 1 heterocycles. The second kappa shape index (κ2) is 13.1. The molecule has 0 saturated heterocycles. The number of rotatable bonds is 0. The topological polar surface area (TPSA) is 3.24 Å². The van der Waals surface area contributed by atoms with Crippen LogP contribution in [0.15, 0.2) is 24.3 Å². The summed E-state index contributed by atoms with van der Waals surface area (Å²) in [6.45, 7) is 13.2. The highest BCUT2D eigenvalue weighted by molar-refractivity contribution is 5.54. The maximum Gasteiger partial charge on any atom is 0.0396 e. The van der Waals surface area contributed by atoms with E-state index in [0.717, 1.165) is 0 Å². The van der Waals surface area contributed by atoms with Gasteiger partial charge < -0.3 is 4.90 Å².